The third-order valence-corrected chi connectivity index (χ3v) is 3.48. The second kappa shape index (κ2) is 4.21. The molecule has 0 aliphatic heterocycles. The zero-order chi connectivity index (χ0) is 11.7. The number of hydrogen-bond acceptors (Lipinski definition) is 4. The maximum Gasteiger partial charge on any atom is 0.345 e. The number of thiophene rings is 1. The van der Waals surface area contributed by atoms with E-state index < -0.39 is 5.97 Å². The lowest BCUT2D eigenvalue weighted by Crippen LogP contribution is -1.92. The van der Waals surface area contributed by atoms with Gasteiger partial charge in [-0.2, -0.15) is 0 Å². The fourth-order valence-electron chi connectivity index (χ4n) is 1.58. The highest BCUT2D eigenvalue weighted by molar-refractivity contribution is 7.20. The van der Waals surface area contributed by atoms with Gasteiger partial charge in [-0.1, -0.05) is 0 Å². The third kappa shape index (κ3) is 1.80. The molecule has 0 saturated carbocycles. The van der Waals surface area contributed by atoms with Crippen molar-refractivity contribution in [2.45, 2.75) is 13.2 Å². The minimum absolute atomic E-state index is 0.161. The van der Waals surface area contributed by atoms with Crippen molar-refractivity contribution in [3.05, 3.63) is 34.2 Å². The van der Waals surface area contributed by atoms with E-state index in [-0.39, 0.29) is 18.1 Å². The van der Waals surface area contributed by atoms with Gasteiger partial charge in [0.2, 0.25) is 0 Å². The Bertz CT molecular complexity index is 503. The van der Waals surface area contributed by atoms with Crippen molar-refractivity contribution in [3.63, 3.8) is 0 Å². The number of rotatable bonds is 3. The molecule has 1 heterocycles. The first-order valence-corrected chi connectivity index (χ1v) is 5.47. The van der Waals surface area contributed by atoms with E-state index in [0.29, 0.717) is 11.1 Å². The molecular weight excluding hydrogens is 228 g/mol. The molecule has 0 atom stereocenters. The van der Waals surface area contributed by atoms with Crippen molar-refractivity contribution < 1.29 is 20.1 Å². The average molecular weight is 238 g/mol. The van der Waals surface area contributed by atoms with Crippen LogP contribution < -0.4 is 0 Å². The minimum atomic E-state index is -0.961. The molecule has 0 bridgehead atoms. The second-order valence-electron chi connectivity index (χ2n) is 3.39. The van der Waals surface area contributed by atoms with Gasteiger partial charge in [-0.25, -0.2) is 4.79 Å². The Morgan fingerprint density at radius 3 is 2.31 bits per heavy atom. The molecule has 1 aromatic heterocycles. The Morgan fingerprint density at radius 2 is 1.75 bits per heavy atom. The summed E-state index contributed by atoms with van der Waals surface area (Å²) in [4.78, 5) is 11.0. The van der Waals surface area contributed by atoms with Crippen molar-refractivity contribution in [2.24, 2.45) is 0 Å². The van der Waals surface area contributed by atoms with Crippen molar-refractivity contribution >= 4 is 27.4 Å². The summed E-state index contributed by atoms with van der Waals surface area (Å²) in [6.07, 6.45) is 0. The first-order valence-electron chi connectivity index (χ1n) is 4.66. The van der Waals surface area contributed by atoms with E-state index in [1.165, 1.54) is 0 Å². The van der Waals surface area contributed by atoms with Gasteiger partial charge in [0.05, 0.1) is 13.2 Å². The molecule has 84 valence electrons. The third-order valence-electron chi connectivity index (χ3n) is 2.39. The van der Waals surface area contributed by atoms with Crippen LogP contribution in [0.2, 0.25) is 0 Å². The Balaban J connectivity index is 2.64. The number of aliphatic hydroxyl groups excluding tert-OH is 2. The molecule has 1 aromatic carbocycles. The van der Waals surface area contributed by atoms with Crippen LogP contribution in [-0.2, 0) is 13.2 Å². The highest BCUT2D eigenvalue weighted by Gasteiger charge is 2.10. The predicted octanol–water partition coefficient (Wildman–Crippen LogP) is 1.58. The summed E-state index contributed by atoms with van der Waals surface area (Å²) < 4.78 is 0.804. The summed E-state index contributed by atoms with van der Waals surface area (Å²) in [5.74, 6) is -0.961. The predicted molar refractivity (Wildman–Crippen MR) is 60.6 cm³/mol. The lowest BCUT2D eigenvalue weighted by Gasteiger charge is -2.03. The normalized spacial score (nSPS) is 10.9. The zero-order valence-electron chi connectivity index (χ0n) is 8.30. The van der Waals surface area contributed by atoms with E-state index in [0.717, 1.165) is 21.4 Å². The van der Waals surface area contributed by atoms with E-state index in [4.69, 9.17) is 15.3 Å². The molecule has 0 amide bonds. The zero-order valence-corrected chi connectivity index (χ0v) is 9.12. The molecule has 2 aromatic rings. The summed E-state index contributed by atoms with van der Waals surface area (Å²) in [5.41, 5.74) is 1.26. The number of carboxylic acid groups (broad SMARTS) is 1. The van der Waals surface area contributed by atoms with Crippen LogP contribution in [0, 0.1) is 0 Å². The lowest BCUT2D eigenvalue weighted by molar-refractivity contribution is 0.0702. The molecule has 0 aliphatic rings. The molecule has 2 rings (SSSR count). The SMILES string of the molecule is O=C(O)c1cc2cc(CO)c(CO)cc2s1. The van der Waals surface area contributed by atoms with E-state index in [2.05, 4.69) is 0 Å². The van der Waals surface area contributed by atoms with Gasteiger partial charge in [0.1, 0.15) is 4.88 Å². The highest BCUT2D eigenvalue weighted by atomic mass is 32.1. The summed E-state index contributed by atoms with van der Waals surface area (Å²) in [6, 6.07) is 5.00. The van der Waals surface area contributed by atoms with Gasteiger partial charge in [-0.05, 0) is 34.7 Å². The van der Waals surface area contributed by atoms with Gasteiger partial charge >= 0.3 is 5.97 Å². The smallest absolute Gasteiger partial charge is 0.345 e. The summed E-state index contributed by atoms with van der Waals surface area (Å²) >= 11 is 1.16. The topological polar surface area (TPSA) is 77.8 Å². The molecule has 0 aliphatic carbocycles. The Labute approximate surface area is 95.4 Å². The number of carbonyl (C=O) groups is 1. The quantitative estimate of drug-likeness (QED) is 0.758. The van der Waals surface area contributed by atoms with Crippen LogP contribution in [-0.4, -0.2) is 21.3 Å². The summed E-state index contributed by atoms with van der Waals surface area (Å²) in [6.45, 7) is -0.323. The van der Waals surface area contributed by atoms with Crippen molar-refractivity contribution in [1.29, 1.82) is 0 Å². The Kier molecular flexibility index (Phi) is 2.91. The minimum Gasteiger partial charge on any atom is -0.477 e. The number of carboxylic acids is 1. The molecule has 0 saturated heterocycles. The first-order chi connectivity index (χ1) is 7.65. The van der Waals surface area contributed by atoms with Crippen molar-refractivity contribution in [1.82, 2.24) is 0 Å². The van der Waals surface area contributed by atoms with Crippen LogP contribution in [0.25, 0.3) is 10.1 Å². The van der Waals surface area contributed by atoms with Gasteiger partial charge in [0.25, 0.3) is 0 Å². The molecular formula is C11H10O4S. The molecule has 0 radical (unpaired) electrons. The van der Waals surface area contributed by atoms with Crippen LogP contribution >= 0.6 is 11.3 Å². The maximum atomic E-state index is 10.8. The van der Waals surface area contributed by atoms with Crippen LogP contribution in [0.4, 0.5) is 0 Å². The molecule has 16 heavy (non-hydrogen) atoms. The monoisotopic (exact) mass is 238 g/mol. The van der Waals surface area contributed by atoms with E-state index in [1.54, 1.807) is 18.2 Å². The number of hydrogen-bond donors (Lipinski definition) is 3. The molecule has 0 fully saturated rings. The fraction of sp³-hybridized carbons (Fsp3) is 0.182. The van der Waals surface area contributed by atoms with E-state index in [1.807, 2.05) is 0 Å². The number of fused-ring (bicyclic) bond motifs is 1. The largest absolute Gasteiger partial charge is 0.477 e. The summed E-state index contributed by atoms with van der Waals surface area (Å²) in [5, 5.41) is 27.8. The maximum absolute atomic E-state index is 10.8. The molecule has 0 unspecified atom stereocenters. The van der Waals surface area contributed by atoms with Crippen LogP contribution in [0.5, 0.6) is 0 Å². The van der Waals surface area contributed by atoms with Crippen molar-refractivity contribution in [3.8, 4) is 0 Å². The van der Waals surface area contributed by atoms with Crippen molar-refractivity contribution in [2.75, 3.05) is 0 Å². The van der Waals surface area contributed by atoms with Gasteiger partial charge in [0, 0.05) is 4.70 Å². The number of aliphatic hydroxyl groups is 2. The lowest BCUT2D eigenvalue weighted by atomic mass is 10.1. The number of aromatic carboxylic acids is 1. The molecule has 3 N–H and O–H groups in total. The first kappa shape index (κ1) is 11.1. The van der Waals surface area contributed by atoms with Gasteiger partial charge in [-0.15, -0.1) is 11.3 Å². The van der Waals surface area contributed by atoms with E-state index in [9.17, 15) is 4.79 Å². The average Bonchev–Trinajstić information content (AvgIpc) is 2.69. The number of benzene rings is 1. The summed E-state index contributed by atoms with van der Waals surface area (Å²) in [7, 11) is 0. The van der Waals surface area contributed by atoms with Gasteiger partial charge in [-0.3, -0.25) is 0 Å². The van der Waals surface area contributed by atoms with Gasteiger partial charge in [0.15, 0.2) is 0 Å². The molecule has 5 heteroatoms. The van der Waals surface area contributed by atoms with E-state index >= 15 is 0 Å². The van der Waals surface area contributed by atoms with Crippen LogP contribution in [0.1, 0.15) is 20.8 Å². The molecule has 4 nitrogen and oxygen atoms in total. The van der Waals surface area contributed by atoms with Crippen LogP contribution in [0.3, 0.4) is 0 Å². The standard InChI is InChI=1S/C11H10O4S/c12-4-7-1-6-2-10(11(14)15)16-9(6)3-8(7)5-13/h1-3,12-13H,4-5H2,(H,14,15). The highest BCUT2D eigenvalue weighted by Crippen LogP contribution is 2.28. The molecule has 0 spiro atoms. The fourth-order valence-corrected chi connectivity index (χ4v) is 2.52. The second-order valence-corrected chi connectivity index (χ2v) is 4.47. The Morgan fingerprint density at radius 1 is 1.12 bits per heavy atom. The van der Waals surface area contributed by atoms with Gasteiger partial charge < -0.3 is 15.3 Å². The Hall–Kier alpha value is -1.43. The van der Waals surface area contributed by atoms with Crippen LogP contribution in [0.15, 0.2) is 18.2 Å².